The highest BCUT2D eigenvalue weighted by Gasteiger charge is 2.25. The Labute approximate surface area is 205 Å². The molecule has 1 fully saturated rings. The van der Waals surface area contributed by atoms with Gasteiger partial charge in [0.15, 0.2) is 0 Å². The van der Waals surface area contributed by atoms with Crippen LogP contribution in [-0.2, 0) is 14.3 Å². The van der Waals surface area contributed by atoms with Crippen molar-refractivity contribution < 1.29 is 24.2 Å². The first-order chi connectivity index (χ1) is 16.9. The Morgan fingerprint density at radius 1 is 1.20 bits per heavy atom. The van der Waals surface area contributed by atoms with Crippen LogP contribution in [0.3, 0.4) is 0 Å². The predicted octanol–water partition coefficient (Wildman–Crippen LogP) is 4.41. The summed E-state index contributed by atoms with van der Waals surface area (Å²) in [5, 5.41) is 24.1. The predicted molar refractivity (Wildman–Crippen MR) is 134 cm³/mol. The van der Waals surface area contributed by atoms with Gasteiger partial charge in [0, 0.05) is 44.5 Å². The van der Waals surface area contributed by atoms with Crippen molar-refractivity contribution in [1.82, 2.24) is 0 Å². The van der Waals surface area contributed by atoms with Gasteiger partial charge in [0.25, 0.3) is 0 Å². The number of rotatable bonds is 10. The van der Waals surface area contributed by atoms with Crippen molar-refractivity contribution >= 4 is 29.1 Å². The number of carboxylic acids is 1. The number of nitrogens with zero attached hydrogens (tertiary/aromatic N) is 2. The molecular formula is C26H32N4O5. The number of hydrogen-bond donors (Lipinski definition) is 3. The molecule has 1 aliphatic heterocycles. The van der Waals surface area contributed by atoms with Gasteiger partial charge in [0.1, 0.15) is 0 Å². The maximum Gasteiger partial charge on any atom is 0.323 e. The van der Waals surface area contributed by atoms with Gasteiger partial charge in [-0.1, -0.05) is 6.07 Å². The van der Waals surface area contributed by atoms with E-state index in [-0.39, 0.29) is 25.0 Å². The zero-order valence-corrected chi connectivity index (χ0v) is 20.1. The summed E-state index contributed by atoms with van der Waals surface area (Å²) < 4.78 is 10.8. The van der Waals surface area contributed by atoms with Crippen LogP contribution in [0.1, 0.15) is 43.2 Å². The summed E-state index contributed by atoms with van der Waals surface area (Å²) >= 11 is 0. The number of urea groups is 1. The first-order valence-electron chi connectivity index (χ1n) is 11.7. The normalized spacial score (nSPS) is 14.5. The number of carboxylic acid groups (broad SMARTS) is 1. The van der Waals surface area contributed by atoms with Gasteiger partial charge in [0.2, 0.25) is 0 Å². The van der Waals surface area contributed by atoms with Crippen molar-refractivity contribution in [3.63, 3.8) is 0 Å². The number of anilines is 3. The Balaban J connectivity index is 1.91. The number of ether oxygens (including phenoxy) is 2. The van der Waals surface area contributed by atoms with E-state index in [0.29, 0.717) is 30.2 Å². The van der Waals surface area contributed by atoms with E-state index < -0.39 is 12.0 Å². The summed E-state index contributed by atoms with van der Waals surface area (Å²) in [7, 11) is 1.54. The van der Waals surface area contributed by atoms with E-state index in [1.165, 1.54) is 7.11 Å². The minimum atomic E-state index is -0.915. The van der Waals surface area contributed by atoms with Crippen molar-refractivity contribution in [2.24, 2.45) is 0 Å². The van der Waals surface area contributed by atoms with Gasteiger partial charge < -0.3 is 30.1 Å². The van der Waals surface area contributed by atoms with E-state index in [0.717, 1.165) is 30.6 Å². The molecule has 1 atom stereocenters. The molecule has 1 aliphatic rings. The van der Waals surface area contributed by atoms with Gasteiger partial charge in [-0.2, -0.15) is 5.26 Å². The minimum Gasteiger partial charge on any atom is -0.481 e. The molecule has 0 bridgehead atoms. The summed E-state index contributed by atoms with van der Waals surface area (Å²) in [6, 6.07) is 14.2. The molecule has 9 nitrogen and oxygen atoms in total. The lowest BCUT2D eigenvalue weighted by Crippen LogP contribution is -2.40. The van der Waals surface area contributed by atoms with Crippen LogP contribution >= 0.6 is 0 Å². The first-order valence-corrected chi connectivity index (χ1v) is 11.7. The molecule has 35 heavy (non-hydrogen) atoms. The zero-order valence-electron chi connectivity index (χ0n) is 20.1. The number of carbonyl (C=O) groups is 2. The quantitative estimate of drug-likeness (QED) is 0.460. The fourth-order valence-corrected chi connectivity index (χ4v) is 4.38. The molecule has 0 saturated carbocycles. The second-order valence-corrected chi connectivity index (χ2v) is 8.42. The molecule has 3 rings (SSSR count). The van der Waals surface area contributed by atoms with Crippen LogP contribution in [0.5, 0.6) is 0 Å². The molecule has 2 amide bonds. The number of benzene rings is 2. The van der Waals surface area contributed by atoms with Crippen LogP contribution in [-0.4, -0.2) is 56.6 Å². The average molecular weight is 481 g/mol. The van der Waals surface area contributed by atoms with Crippen LogP contribution in [0.15, 0.2) is 42.5 Å². The Bertz CT molecular complexity index is 1040. The van der Waals surface area contributed by atoms with E-state index in [2.05, 4.69) is 28.5 Å². The lowest BCUT2D eigenvalue weighted by atomic mass is 9.95. The summed E-state index contributed by atoms with van der Waals surface area (Å²) in [5.74, 6) is -1.27. The maximum atomic E-state index is 12.9. The van der Waals surface area contributed by atoms with Crippen LogP contribution in [0, 0.1) is 11.3 Å². The molecule has 0 spiro atoms. The Morgan fingerprint density at radius 3 is 2.51 bits per heavy atom. The highest BCUT2D eigenvalue weighted by atomic mass is 16.5. The van der Waals surface area contributed by atoms with Gasteiger partial charge in [-0.05, 0) is 61.7 Å². The SMILES string of the molecule is CCN(c1ccc([C@H](COC)CC(=O)O)cc1NC(=O)Nc1ccc(C#N)cc1)C1CCOCC1. The molecule has 3 N–H and O–H groups in total. The molecular weight excluding hydrogens is 448 g/mol. The van der Waals surface area contributed by atoms with Gasteiger partial charge in [-0.25, -0.2) is 4.79 Å². The van der Waals surface area contributed by atoms with E-state index in [1.54, 1.807) is 24.3 Å². The van der Waals surface area contributed by atoms with Crippen LogP contribution in [0.25, 0.3) is 0 Å². The largest absolute Gasteiger partial charge is 0.481 e. The smallest absolute Gasteiger partial charge is 0.323 e. The number of hydrogen-bond acceptors (Lipinski definition) is 6. The molecule has 0 unspecified atom stereocenters. The van der Waals surface area contributed by atoms with E-state index >= 15 is 0 Å². The van der Waals surface area contributed by atoms with E-state index in [9.17, 15) is 14.7 Å². The molecule has 0 aliphatic carbocycles. The zero-order chi connectivity index (χ0) is 25.2. The Hall–Kier alpha value is -3.61. The summed E-state index contributed by atoms with van der Waals surface area (Å²) in [6.45, 7) is 4.44. The highest BCUT2D eigenvalue weighted by molar-refractivity contribution is 6.02. The number of nitriles is 1. The lowest BCUT2D eigenvalue weighted by Gasteiger charge is -2.36. The Kier molecular flexibility index (Phi) is 9.47. The molecule has 0 radical (unpaired) electrons. The fourth-order valence-electron chi connectivity index (χ4n) is 4.38. The van der Waals surface area contributed by atoms with Crippen molar-refractivity contribution in [3.8, 4) is 6.07 Å². The average Bonchev–Trinajstić information content (AvgIpc) is 2.86. The topological polar surface area (TPSA) is 124 Å². The number of carbonyl (C=O) groups excluding carboxylic acids is 1. The van der Waals surface area contributed by atoms with Crippen LogP contribution < -0.4 is 15.5 Å². The molecule has 2 aromatic rings. The minimum absolute atomic E-state index is 0.0818. The molecule has 0 aromatic heterocycles. The maximum absolute atomic E-state index is 12.9. The first kappa shape index (κ1) is 26.0. The standard InChI is InChI=1S/C26H32N4O5/c1-3-30(22-10-12-35-13-11-22)24-9-6-19(20(17-34-2)15-25(31)32)14-23(24)29-26(33)28-21-7-4-18(16-27)5-8-21/h4-9,14,20,22H,3,10-13,15,17H2,1-2H3,(H,31,32)(H2,28,29,33)/t20-/m0/s1. The molecule has 9 heteroatoms. The Morgan fingerprint density at radius 2 is 1.91 bits per heavy atom. The highest BCUT2D eigenvalue weighted by Crippen LogP contribution is 2.34. The fraction of sp³-hybridized carbons (Fsp3) is 0.423. The number of methoxy groups -OCH3 is 1. The lowest BCUT2D eigenvalue weighted by molar-refractivity contribution is -0.137. The van der Waals surface area contributed by atoms with E-state index in [4.69, 9.17) is 14.7 Å². The van der Waals surface area contributed by atoms with Gasteiger partial charge in [0.05, 0.1) is 36.0 Å². The van der Waals surface area contributed by atoms with E-state index in [1.807, 2.05) is 18.2 Å². The van der Waals surface area contributed by atoms with Crippen LogP contribution in [0.4, 0.5) is 21.9 Å². The molecule has 1 saturated heterocycles. The van der Waals surface area contributed by atoms with Crippen molar-refractivity contribution in [2.75, 3.05) is 49.0 Å². The van der Waals surface area contributed by atoms with Crippen LogP contribution in [0.2, 0.25) is 0 Å². The summed E-state index contributed by atoms with van der Waals surface area (Å²) in [5.41, 5.74) is 3.29. The summed E-state index contributed by atoms with van der Waals surface area (Å²) in [4.78, 5) is 26.6. The third-order valence-electron chi connectivity index (χ3n) is 6.08. The molecule has 186 valence electrons. The monoisotopic (exact) mass is 480 g/mol. The second kappa shape index (κ2) is 12.7. The number of nitrogens with one attached hydrogen (secondary N) is 2. The summed E-state index contributed by atoms with van der Waals surface area (Å²) in [6.07, 6.45) is 1.69. The van der Waals surface area contributed by atoms with Gasteiger partial charge in [-0.15, -0.1) is 0 Å². The van der Waals surface area contributed by atoms with Crippen molar-refractivity contribution in [2.45, 2.75) is 38.1 Å². The molecule has 1 heterocycles. The van der Waals surface area contributed by atoms with Crippen molar-refractivity contribution in [3.05, 3.63) is 53.6 Å². The number of aliphatic carboxylic acids is 1. The van der Waals surface area contributed by atoms with Crippen molar-refractivity contribution in [1.29, 1.82) is 5.26 Å². The van der Waals surface area contributed by atoms with Gasteiger partial charge >= 0.3 is 12.0 Å². The third-order valence-corrected chi connectivity index (χ3v) is 6.08. The molecule has 2 aromatic carbocycles. The van der Waals surface area contributed by atoms with Gasteiger partial charge in [-0.3, -0.25) is 4.79 Å². The third kappa shape index (κ3) is 7.18. The second-order valence-electron chi connectivity index (χ2n) is 8.42. The number of amides is 2.